The van der Waals surface area contributed by atoms with E-state index in [0.29, 0.717) is 11.2 Å². The predicted octanol–water partition coefficient (Wildman–Crippen LogP) is 2.71. The topological polar surface area (TPSA) is 17.1 Å². The van der Waals surface area contributed by atoms with Crippen molar-refractivity contribution < 1.29 is 4.79 Å². The van der Waals surface area contributed by atoms with Crippen LogP contribution in [0.15, 0.2) is 12.2 Å². The average Bonchev–Trinajstić information content (AvgIpc) is 2.65. The lowest BCUT2D eigenvalue weighted by Crippen LogP contribution is -2.25. The molecule has 3 saturated carbocycles. The van der Waals surface area contributed by atoms with E-state index in [-0.39, 0.29) is 5.92 Å². The normalized spacial score (nSPS) is 48.3. The largest absolute Gasteiger partial charge is 0.299 e. The van der Waals surface area contributed by atoms with E-state index in [4.69, 9.17) is 0 Å². The van der Waals surface area contributed by atoms with Crippen LogP contribution in [0.4, 0.5) is 0 Å². The van der Waals surface area contributed by atoms with Gasteiger partial charge in [-0.25, -0.2) is 0 Å². The van der Waals surface area contributed by atoms with Gasteiger partial charge in [-0.3, -0.25) is 4.79 Å². The van der Waals surface area contributed by atoms with Crippen molar-refractivity contribution in [3.8, 4) is 0 Å². The van der Waals surface area contributed by atoms with Crippen molar-refractivity contribution >= 4 is 5.78 Å². The fraction of sp³-hybridized carbons (Fsp3) is 0.750. The summed E-state index contributed by atoms with van der Waals surface area (Å²) in [5, 5.41) is 0. The maximum Gasteiger partial charge on any atom is 0.140 e. The lowest BCUT2D eigenvalue weighted by Gasteiger charge is -2.27. The van der Waals surface area contributed by atoms with Crippen LogP contribution in [0.3, 0.4) is 0 Å². The van der Waals surface area contributed by atoms with E-state index in [1.807, 2.05) is 0 Å². The summed E-state index contributed by atoms with van der Waals surface area (Å²) in [6, 6.07) is 0. The highest BCUT2D eigenvalue weighted by atomic mass is 16.1. The van der Waals surface area contributed by atoms with Gasteiger partial charge < -0.3 is 0 Å². The number of allylic oxidation sites excluding steroid dienone is 1. The molecule has 0 heterocycles. The number of rotatable bonds is 0. The van der Waals surface area contributed by atoms with Crippen LogP contribution in [-0.4, -0.2) is 5.78 Å². The Balaban J connectivity index is 2.08. The van der Waals surface area contributed by atoms with E-state index in [9.17, 15) is 4.79 Å². The SMILES string of the molecule is C=C1C[C@H]2CCC[C@]23CCC(=O)[C@H]13. The summed E-state index contributed by atoms with van der Waals surface area (Å²) in [4.78, 5) is 11.7. The molecule has 70 valence electrons. The number of carbonyl (C=O) groups excluding carboxylic acids is 1. The first-order valence-corrected chi connectivity index (χ1v) is 5.44. The van der Waals surface area contributed by atoms with Crippen LogP contribution in [0.2, 0.25) is 0 Å². The molecule has 3 rings (SSSR count). The van der Waals surface area contributed by atoms with Crippen molar-refractivity contribution in [3.05, 3.63) is 12.2 Å². The molecule has 1 nitrogen and oxygen atoms in total. The summed E-state index contributed by atoms with van der Waals surface area (Å²) in [5.41, 5.74) is 1.67. The monoisotopic (exact) mass is 176 g/mol. The fourth-order valence-electron chi connectivity index (χ4n) is 4.22. The molecule has 0 amide bonds. The first kappa shape index (κ1) is 7.78. The van der Waals surface area contributed by atoms with Crippen LogP contribution in [0.25, 0.3) is 0 Å². The molecule has 0 aliphatic heterocycles. The molecule has 0 aromatic rings. The number of hydrogen-bond donors (Lipinski definition) is 0. The van der Waals surface area contributed by atoms with Gasteiger partial charge in [0.1, 0.15) is 5.78 Å². The van der Waals surface area contributed by atoms with E-state index in [1.54, 1.807) is 0 Å². The Hall–Kier alpha value is -0.590. The van der Waals surface area contributed by atoms with Crippen LogP contribution in [0.1, 0.15) is 38.5 Å². The molecule has 3 atom stereocenters. The number of carbonyl (C=O) groups is 1. The van der Waals surface area contributed by atoms with Gasteiger partial charge in [-0.2, -0.15) is 0 Å². The maximum atomic E-state index is 11.7. The Morgan fingerprint density at radius 2 is 2.23 bits per heavy atom. The predicted molar refractivity (Wildman–Crippen MR) is 51.3 cm³/mol. The minimum atomic E-state index is 0.278. The highest BCUT2D eigenvalue weighted by Gasteiger charge is 2.59. The Morgan fingerprint density at radius 3 is 3.08 bits per heavy atom. The highest BCUT2D eigenvalue weighted by molar-refractivity contribution is 5.87. The summed E-state index contributed by atoms with van der Waals surface area (Å²) in [7, 11) is 0. The second kappa shape index (κ2) is 2.26. The molecule has 0 bridgehead atoms. The quantitative estimate of drug-likeness (QED) is 0.519. The molecule has 0 saturated heterocycles. The van der Waals surface area contributed by atoms with Crippen LogP contribution in [0.5, 0.6) is 0 Å². The lowest BCUT2D eigenvalue weighted by molar-refractivity contribution is -0.120. The summed E-state index contributed by atoms with van der Waals surface area (Å²) < 4.78 is 0. The van der Waals surface area contributed by atoms with Crippen molar-refractivity contribution in [2.45, 2.75) is 38.5 Å². The number of hydrogen-bond acceptors (Lipinski definition) is 1. The molecule has 0 unspecified atom stereocenters. The zero-order chi connectivity index (χ0) is 9.05. The van der Waals surface area contributed by atoms with Gasteiger partial charge in [0, 0.05) is 12.3 Å². The molecule has 3 aliphatic carbocycles. The molecule has 1 spiro atoms. The Labute approximate surface area is 79.2 Å². The van der Waals surface area contributed by atoms with Crippen LogP contribution in [-0.2, 0) is 4.79 Å². The molecule has 0 aromatic heterocycles. The van der Waals surface area contributed by atoms with Crippen LogP contribution in [0, 0.1) is 17.3 Å². The van der Waals surface area contributed by atoms with Gasteiger partial charge in [-0.15, -0.1) is 0 Å². The minimum Gasteiger partial charge on any atom is -0.299 e. The van der Waals surface area contributed by atoms with Crippen molar-refractivity contribution in [1.29, 1.82) is 0 Å². The summed E-state index contributed by atoms with van der Waals surface area (Å²) in [6.07, 6.45) is 7.15. The molecular formula is C12H16O. The van der Waals surface area contributed by atoms with Gasteiger partial charge in [-0.05, 0) is 37.0 Å². The number of ketones is 1. The first-order chi connectivity index (χ1) is 6.24. The smallest absolute Gasteiger partial charge is 0.140 e. The second-order valence-electron chi connectivity index (χ2n) is 5.08. The van der Waals surface area contributed by atoms with Gasteiger partial charge in [0.2, 0.25) is 0 Å². The molecule has 3 aliphatic rings. The Morgan fingerprint density at radius 1 is 1.38 bits per heavy atom. The van der Waals surface area contributed by atoms with E-state index < -0.39 is 0 Å². The zero-order valence-electron chi connectivity index (χ0n) is 8.01. The standard InChI is InChI=1S/C12H16O/c1-8-7-9-3-2-5-12(9)6-4-10(13)11(8)12/h9,11H,1-7H2/t9-,11+,12+/m1/s1. The van der Waals surface area contributed by atoms with E-state index in [1.165, 1.54) is 31.3 Å². The first-order valence-electron chi connectivity index (χ1n) is 5.44. The van der Waals surface area contributed by atoms with E-state index in [2.05, 4.69) is 6.58 Å². The molecule has 13 heavy (non-hydrogen) atoms. The molecule has 0 radical (unpaired) electrons. The third kappa shape index (κ3) is 0.762. The summed E-state index contributed by atoms with van der Waals surface area (Å²) in [5.74, 6) is 1.59. The molecule has 1 heteroatoms. The van der Waals surface area contributed by atoms with Crippen molar-refractivity contribution in [2.75, 3.05) is 0 Å². The Kier molecular flexibility index (Phi) is 1.35. The fourth-order valence-corrected chi connectivity index (χ4v) is 4.22. The molecule has 3 fully saturated rings. The van der Waals surface area contributed by atoms with Crippen molar-refractivity contribution in [3.63, 3.8) is 0 Å². The minimum absolute atomic E-state index is 0.278. The van der Waals surface area contributed by atoms with E-state index in [0.717, 1.165) is 18.8 Å². The third-order valence-electron chi connectivity index (χ3n) is 4.66. The van der Waals surface area contributed by atoms with Crippen LogP contribution >= 0.6 is 0 Å². The highest BCUT2D eigenvalue weighted by Crippen LogP contribution is 2.64. The average molecular weight is 176 g/mol. The maximum absolute atomic E-state index is 11.7. The lowest BCUT2D eigenvalue weighted by atomic mass is 9.75. The molecule has 0 aromatic carbocycles. The molecule has 0 N–H and O–H groups in total. The van der Waals surface area contributed by atoms with Crippen LogP contribution < -0.4 is 0 Å². The van der Waals surface area contributed by atoms with Gasteiger partial charge in [0.25, 0.3) is 0 Å². The van der Waals surface area contributed by atoms with Crippen molar-refractivity contribution in [1.82, 2.24) is 0 Å². The zero-order valence-corrected chi connectivity index (χ0v) is 8.01. The van der Waals surface area contributed by atoms with Gasteiger partial charge in [0.05, 0.1) is 0 Å². The van der Waals surface area contributed by atoms with Gasteiger partial charge >= 0.3 is 0 Å². The van der Waals surface area contributed by atoms with Crippen molar-refractivity contribution in [2.24, 2.45) is 17.3 Å². The van der Waals surface area contributed by atoms with Gasteiger partial charge in [-0.1, -0.05) is 18.6 Å². The summed E-state index contributed by atoms with van der Waals surface area (Å²) in [6.45, 7) is 4.10. The summed E-state index contributed by atoms with van der Waals surface area (Å²) >= 11 is 0. The number of Topliss-reactive ketones (excluding diaryl/α,β-unsaturated/α-hetero) is 1. The third-order valence-corrected chi connectivity index (χ3v) is 4.66. The second-order valence-corrected chi connectivity index (χ2v) is 5.08. The molecular weight excluding hydrogens is 160 g/mol. The van der Waals surface area contributed by atoms with Gasteiger partial charge in [0.15, 0.2) is 0 Å². The van der Waals surface area contributed by atoms with E-state index >= 15 is 0 Å². The Bertz CT molecular complexity index is 291.